The van der Waals surface area contributed by atoms with Gasteiger partial charge in [0, 0.05) is 25.9 Å². The van der Waals surface area contributed by atoms with Gasteiger partial charge in [-0.3, -0.25) is 0 Å². The minimum absolute atomic E-state index is 0.306. The summed E-state index contributed by atoms with van der Waals surface area (Å²) in [4.78, 5) is 18.2. The Hall–Kier alpha value is -3.14. The van der Waals surface area contributed by atoms with Crippen LogP contribution in [0.4, 0.5) is 5.69 Å². The number of nitrogens with zero attached hydrogens (tertiary/aromatic N) is 2. The lowest BCUT2D eigenvalue weighted by Gasteiger charge is -2.11. The lowest BCUT2D eigenvalue weighted by molar-refractivity contribution is -0.129. The molecule has 24 heavy (non-hydrogen) atoms. The molecule has 4 heteroatoms. The molecule has 4 nitrogen and oxygen atoms in total. The third-order valence-electron chi connectivity index (χ3n) is 3.57. The minimum atomic E-state index is -0.431. The quantitative estimate of drug-likeness (QED) is 0.637. The molecule has 2 aromatic carbocycles. The standard InChI is InChI=1S/C20H18N2O2/c1-22(2)17-11-8-16(9-12-17)14-18-20(23)24-19(21-18)13-10-15-6-4-3-5-7-15/h3-14H,1-2H3. The monoisotopic (exact) mass is 318 g/mol. The van der Waals surface area contributed by atoms with E-state index in [2.05, 4.69) is 4.99 Å². The third kappa shape index (κ3) is 3.79. The lowest BCUT2D eigenvalue weighted by Crippen LogP contribution is -2.07. The Labute approximate surface area is 141 Å². The fraction of sp³-hybridized carbons (Fsp3) is 0.100. The number of aliphatic imine (C=N–C) groups is 1. The predicted octanol–water partition coefficient (Wildman–Crippen LogP) is 3.76. The van der Waals surface area contributed by atoms with E-state index in [1.54, 1.807) is 12.2 Å². The van der Waals surface area contributed by atoms with Crippen molar-refractivity contribution in [2.75, 3.05) is 19.0 Å². The fourth-order valence-corrected chi connectivity index (χ4v) is 2.26. The molecule has 0 saturated carbocycles. The molecule has 0 amide bonds. The van der Waals surface area contributed by atoms with Crippen molar-refractivity contribution in [3.63, 3.8) is 0 Å². The molecule has 0 atom stereocenters. The summed E-state index contributed by atoms with van der Waals surface area (Å²) >= 11 is 0. The van der Waals surface area contributed by atoms with Gasteiger partial charge in [0.1, 0.15) is 0 Å². The molecule has 0 radical (unpaired) electrons. The van der Waals surface area contributed by atoms with Crippen molar-refractivity contribution in [1.29, 1.82) is 0 Å². The number of rotatable bonds is 4. The Kier molecular flexibility index (Phi) is 4.57. The van der Waals surface area contributed by atoms with Crippen molar-refractivity contribution in [1.82, 2.24) is 0 Å². The van der Waals surface area contributed by atoms with Gasteiger partial charge >= 0.3 is 5.97 Å². The maximum atomic E-state index is 11.9. The van der Waals surface area contributed by atoms with E-state index >= 15 is 0 Å². The first-order valence-electron chi connectivity index (χ1n) is 7.65. The summed E-state index contributed by atoms with van der Waals surface area (Å²) in [6.07, 6.45) is 5.29. The molecule has 1 aliphatic rings. The number of hydrogen-bond donors (Lipinski definition) is 0. The Bertz CT molecular complexity index is 816. The number of cyclic esters (lactones) is 1. The van der Waals surface area contributed by atoms with Crippen LogP contribution in [0.15, 0.2) is 71.4 Å². The maximum Gasteiger partial charge on any atom is 0.363 e. The van der Waals surface area contributed by atoms with Crippen molar-refractivity contribution in [2.24, 2.45) is 4.99 Å². The van der Waals surface area contributed by atoms with E-state index in [1.807, 2.05) is 79.7 Å². The van der Waals surface area contributed by atoms with E-state index in [9.17, 15) is 4.79 Å². The van der Waals surface area contributed by atoms with Gasteiger partial charge in [0.05, 0.1) is 0 Å². The second kappa shape index (κ2) is 6.96. The molecule has 0 N–H and O–H groups in total. The Balaban J connectivity index is 1.77. The molecule has 1 heterocycles. The second-order valence-electron chi connectivity index (χ2n) is 5.60. The summed E-state index contributed by atoms with van der Waals surface area (Å²) in [6, 6.07) is 17.7. The normalized spacial score (nSPS) is 15.7. The van der Waals surface area contributed by atoms with Gasteiger partial charge in [-0.15, -0.1) is 0 Å². The number of anilines is 1. The molecule has 2 aromatic rings. The van der Waals surface area contributed by atoms with Crippen molar-refractivity contribution in [3.8, 4) is 0 Å². The van der Waals surface area contributed by atoms with Gasteiger partial charge < -0.3 is 9.64 Å². The van der Waals surface area contributed by atoms with Crippen LogP contribution in [-0.2, 0) is 9.53 Å². The van der Waals surface area contributed by atoms with E-state index in [1.165, 1.54) is 0 Å². The second-order valence-corrected chi connectivity index (χ2v) is 5.60. The number of carbonyl (C=O) groups is 1. The molecule has 0 bridgehead atoms. The molecule has 3 rings (SSSR count). The van der Waals surface area contributed by atoms with Crippen molar-refractivity contribution in [2.45, 2.75) is 0 Å². The van der Waals surface area contributed by atoms with Gasteiger partial charge in [0.2, 0.25) is 5.90 Å². The summed E-state index contributed by atoms with van der Waals surface area (Å²) in [5.74, 6) is -0.126. The van der Waals surface area contributed by atoms with Crippen LogP contribution < -0.4 is 4.90 Å². The van der Waals surface area contributed by atoms with Crippen LogP contribution >= 0.6 is 0 Å². The molecule has 0 spiro atoms. The number of carbonyl (C=O) groups excluding carboxylic acids is 1. The molecular weight excluding hydrogens is 300 g/mol. The van der Waals surface area contributed by atoms with Crippen molar-refractivity contribution < 1.29 is 9.53 Å². The van der Waals surface area contributed by atoms with Crippen LogP contribution in [0.25, 0.3) is 12.2 Å². The molecule has 120 valence electrons. The lowest BCUT2D eigenvalue weighted by atomic mass is 10.1. The minimum Gasteiger partial charge on any atom is -0.403 e. The summed E-state index contributed by atoms with van der Waals surface area (Å²) in [7, 11) is 3.97. The highest BCUT2D eigenvalue weighted by Crippen LogP contribution is 2.19. The molecule has 0 unspecified atom stereocenters. The molecule has 1 aliphatic heterocycles. The highest BCUT2D eigenvalue weighted by atomic mass is 16.6. The average Bonchev–Trinajstić information content (AvgIpc) is 2.94. The fourth-order valence-electron chi connectivity index (χ4n) is 2.26. The van der Waals surface area contributed by atoms with Crippen LogP contribution in [0.3, 0.4) is 0 Å². The smallest absolute Gasteiger partial charge is 0.363 e. The predicted molar refractivity (Wildman–Crippen MR) is 97.7 cm³/mol. The number of ether oxygens (including phenoxy) is 1. The summed E-state index contributed by atoms with van der Waals surface area (Å²) in [6.45, 7) is 0. The Morgan fingerprint density at radius 1 is 0.917 bits per heavy atom. The van der Waals surface area contributed by atoms with Gasteiger partial charge in [-0.1, -0.05) is 42.5 Å². The first-order chi connectivity index (χ1) is 11.6. The van der Waals surface area contributed by atoms with Crippen LogP contribution in [0.1, 0.15) is 11.1 Å². The zero-order valence-electron chi connectivity index (χ0n) is 13.6. The molecule has 0 fully saturated rings. The maximum absolute atomic E-state index is 11.9. The van der Waals surface area contributed by atoms with Crippen LogP contribution in [0.2, 0.25) is 0 Å². The first-order valence-corrected chi connectivity index (χ1v) is 7.65. The summed E-state index contributed by atoms with van der Waals surface area (Å²) in [5, 5.41) is 0. The van der Waals surface area contributed by atoms with Gasteiger partial charge in [0.25, 0.3) is 0 Å². The number of benzene rings is 2. The van der Waals surface area contributed by atoms with Crippen LogP contribution in [0, 0.1) is 0 Å². The molecule has 0 aliphatic carbocycles. The first kappa shape index (κ1) is 15.7. The van der Waals surface area contributed by atoms with Crippen molar-refractivity contribution in [3.05, 3.63) is 77.5 Å². The zero-order valence-corrected chi connectivity index (χ0v) is 13.6. The van der Waals surface area contributed by atoms with E-state index in [0.717, 1.165) is 16.8 Å². The van der Waals surface area contributed by atoms with Gasteiger partial charge in [-0.05, 0) is 35.4 Å². The molecule has 0 aromatic heterocycles. The Morgan fingerprint density at radius 3 is 2.29 bits per heavy atom. The summed E-state index contributed by atoms with van der Waals surface area (Å²) in [5.41, 5.74) is 3.33. The highest BCUT2D eigenvalue weighted by molar-refractivity contribution is 6.11. The zero-order chi connectivity index (χ0) is 16.9. The van der Waals surface area contributed by atoms with E-state index in [-0.39, 0.29) is 0 Å². The van der Waals surface area contributed by atoms with E-state index in [0.29, 0.717) is 11.6 Å². The van der Waals surface area contributed by atoms with Gasteiger partial charge in [-0.25, -0.2) is 9.79 Å². The number of esters is 1. The van der Waals surface area contributed by atoms with Gasteiger partial charge in [0.15, 0.2) is 5.70 Å². The SMILES string of the molecule is CN(C)c1ccc(C=C2N=C(C=Cc3ccccc3)OC2=O)cc1. The van der Waals surface area contributed by atoms with Crippen molar-refractivity contribution >= 4 is 29.7 Å². The Morgan fingerprint density at radius 2 is 1.62 bits per heavy atom. The molecule has 0 saturated heterocycles. The van der Waals surface area contributed by atoms with E-state index < -0.39 is 5.97 Å². The molecular formula is C20H18N2O2. The van der Waals surface area contributed by atoms with Gasteiger partial charge in [-0.2, -0.15) is 0 Å². The topological polar surface area (TPSA) is 41.9 Å². The van der Waals surface area contributed by atoms with Crippen LogP contribution in [-0.4, -0.2) is 26.0 Å². The summed E-state index contributed by atoms with van der Waals surface area (Å²) < 4.78 is 5.18. The highest BCUT2D eigenvalue weighted by Gasteiger charge is 2.20. The van der Waals surface area contributed by atoms with E-state index in [4.69, 9.17) is 4.74 Å². The third-order valence-corrected chi connectivity index (χ3v) is 3.57. The van der Waals surface area contributed by atoms with Crippen LogP contribution in [0.5, 0.6) is 0 Å². The largest absolute Gasteiger partial charge is 0.403 e. The average molecular weight is 318 g/mol. The number of hydrogen-bond acceptors (Lipinski definition) is 4.